The van der Waals surface area contributed by atoms with Gasteiger partial charge in [0.2, 0.25) is 5.91 Å². The molecule has 1 aliphatic heterocycles. The van der Waals surface area contributed by atoms with Crippen LogP contribution in [0.3, 0.4) is 0 Å². The summed E-state index contributed by atoms with van der Waals surface area (Å²) in [4.78, 5) is 26.7. The number of nitrogens with one attached hydrogen (secondary N) is 2. The van der Waals surface area contributed by atoms with Crippen molar-refractivity contribution in [3.05, 3.63) is 59.7 Å². The van der Waals surface area contributed by atoms with Crippen LogP contribution < -0.4 is 15.5 Å². The van der Waals surface area contributed by atoms with Gasteiger partial charge in [-0.2, -0.15) is 0 Å². The number of nitrogens with zero attached hydrogens (tertiary/aromatic N) is 1. The molecule has 0 bridgehead atoms. The molecule has 0 spiro atoms. The number of para-hydroxylation sites is 1. The number of anilines is 2. The number of carbonyl (C=O) groups is 2. The van der Waals surface area contributed by atoms with Crippen molar-refractivity contribution in [2.24, 2.45) is 0 Å². The van der Waals surface area contributed by atoms with Gasteiger partial charge in [-0.25, -0.2) is 0 Å². The Balaban J connectivity index is 1.60. The van der Waals surface area contributed by atoms with E-state index < -0.39 is 0 Å². The Kier molecular flexibility index (Phi) is 6.44. The monoisotopic (exact) mass is 367 g/mol. The van der Waals surface area contributed by atoms with Crippen molar-refractivity contribution >= 4 is 23.2 Å². The van der Waals surface area contributed by atoms with Crippen LogP contribution in [0.2, 0.25) is 0 Å². The van der Waals surface area contributed by atoms with Gasteiger partial charge in [0.15, 0.2) is 0 Å². The van der Waals surface area contributed by atoms with Gasteiger partial charge in [0, 0.05) is 37.1 Å². The van der Waals surface area contributed by atoms with Gasteiger partial charge in [0.1, 0.15) is 0 Å². The number of rotatable bonds is 7. The van der Waals surface area contributed by atoms with E-state index >= 15 is 0 Å². The first kappa shape index (κ1) is 18.9. The molecule has 6 heteroatoms. The van der Waals surface area contributed by atoms with Crippen molar-refractivity contribution in [3.8, 4) is 0 Å². The molecule has 2 N–H and O–H groups in total. The molecule has 2 amide bonds. The van der Waals surface area contributed by atoms with Crippen molar-refractivity contribution in [1.29, 1.82) is 0 Å². The number of carbonyl (C=O) groups excluding carboxylic acids is 2. The van der Waals surface area contributed by atoms with Crippen LogP contribution in [-0.4, -0.2) is 45.2 Å². The van der Waals surface area contributed by atoms with Gasteiger partial charge in [0.25, 0.3) is 5.91 Å². The first-order chi connectivity index (χ1) is 13.2. The lowest BCUT2D eigenvalue weighted by Crippen LogP contribution is -2.39. The Morgan fingerprint density at radius 2 is 2.00 bits per heavy atom. The van der Waals surface area contributed by atoms with E-state index in [1.54, 1.807) is 25.3 Å². The van der Waals surface area contributed by atoms with Crippen LogP contribution in [0.25, 0.3) is 0 Å². The Morgan fingerprint density at radius 1 is 1.15 bits per heavy atom. The van der Waals surface area contributed by atoms with Crippen molar-refractivity contribution in [2.75, 3.05) is 43.6 Å². The summed E-state index contributed by atoms with van der Waals surface area (Å²) in [6, 6.07) is 15.2. The highest BCUT2D eigenvalue weighted by Gasteiger charge is 2.21. The van der Waals surface area contributed by atoms with Crippen LogP contribution in [0.4, 0.5) is 11.4 Å². The third-order valence-electron chi connectivity index (χ3n) is 4.57. The molecule has 1 aliphatic rings. The summed E-state index contributed by atoms with van der Waals surface area (Å²) in [5.74, 6) is -0.135. The van der Waals surface area contributed by atoms with Crippen LogP contribution in [0.15, 0.2) is 48.5 Å². The zero-order valence-corrected chi connectivity index (χ0v) is 15.5. The SMILES string of the molecule is COCCNC(=O)c1cccc(NCC(=O)N2CCCc3ccccc32)c1. The summed E-state index contributed by atoms with van der Waals surface area (Å²) in [5, 5.41) is 5.93. The molecule has 2 aromatic rings. The fourth-order valence-electron chi connectivity index (χ4n) is 3.20. The summed E-state index contributed by atoms with van der Waals surface area (Å²) in [6.07, 6.45) is 1.98. The Hall–Kier alpha value is -2.86. The molecule has 0 aliphatic carbocycles. The third-order valence-corrected chi connectivity index (χ3v) is 4.57. The second kappa shape index (κ2) is 9.19. The first-order valence-electron chi connectivity index (χ1n) is 9.18. The number of benzene rings is 2. The van der Waals surface area contributed by atoms with E-state index in [0.717, 1.165) is 30.8 Å². The van der Waals surface area contributed by atoms with E-state index in [9.17, 15) is 9.59 Å². The maximum atomic E-state index is 12.7. The van der Waals surface area contributed by atoms with Gasteiger partial charge < -0.3 is 20.3 Å². The molecule has 1 heterocycles. The van der Waals surface area contributed by atoms with Gasteiger partial charge in [-0.1, -0.05) is 24.3 Å². The van der Waals surface area contributed by atoms with E-state index in [1.807, 2.05) is 29.2 Å². The van der Waals surface area contributed by atoms with Crippen molar-refractivity contribution in [2.45, 2.75) is 12.8 Å². The van der Waals surface area contributed by atoms with Gasteiger partial charge in [-0.3, -0.25) is 9.59 Å². The average Bonchev–Trinajstić information content (AvgIpc) is 2.72. The Morgan fingerprint density at radius 3 is 2.85 bits per heavy atom. The third kappa shape index (κ3) is 4.86. The number of methoxy groups -OCH3 is 1. The van der Waals surface area contributed by atoms with Crippen LogP contribution in [0.5, 0.6) is 0 Å². The van der Waals surface area contributed by atoms with Crippen molar-refractivity contribution in [1.82, 2.24) is 5.32 Å². The lowest BCUT2D eigenvalue weighted by atomic mass is 10.0. The van der Waals surface area contributed by atoms with Gasteiger partial charge in [-0.05, 0) is 42.7 Å². The van der Waals surface area contributed by atoms with E-state index in [1.165, 1.54) is 5.56 Å². The summed E-state index contributed by atoms with van der Waals surface area (Å²) in [7, 11) is 1.59. The smallest absolute Gasteiger partial charge is 0.251 e. The van der Waals surface area contributed by atoms with E-state index in [4.69, 9.17) is 4.74 Å². The van der Waals surface area contributed by atoms with Crippen LogP contribution >= 0.6 is 0 Å². The predicted octanol–water partition coefficient (Wildman–Crippen LogP) is 2.45. The largest absolute Gasteiger partial charge is 0.383 e. The normalized spacial score (nSPS) is 13.0. The maximum absolute atomic E-state index is 12.7. The zero-order chi connectivity index (χ0) is 19.1. The minimum atomic E-state index is -0.160. The maximum Gasteiger partial charge on any atom is 0.251 e. The standard InChI is InChI=1S/C21H25N3O3/c1-27-13-11-22-21(26)17-7-4-9-18(14-17)23-15-20(25)24-12-5-8-16-6-2-3-10-19(16)24/h2-4,6-7,9-10,14,23H,5,8,11-13,15H2,1H3,(H,22,26). The zero-order valence-electron chi connectivity index (χ0n) is 15.5. The molecule has 2 aromatic carbocycles. The topological polar surface area (TPSA) is 70.7 Å². The predicted molar refractivity (Wildman–Crippen MR) is 106 cm³/mol. The fraction of sp³-hybridized carbons (Fsp3) is 0.333. The van der Waals surface area contributed by atoms with E-state index in [-0.39, 0.29) is 18.4 Å². The van der Waals surface area contributed by atoms with Gasteiger partial charge in [0.05, 0.1) is 13.2 Å². The average molecular weight is 367 g/mol. The Bertz CT molecular complexity index is 807. The molecule has 27 heavy (non-hydrogen) atoms. The molecule has 142 valence electrons. The van der Waals surface area contributed by atoms with E-state index in [2.05, 4.69) is 16.7 Å². The summed E-state index contributed by atoms with van der Waals surface area (Å²) in [5.41, 5.74) is 3.51. The molecule has 3 rings (SSSR count). The minimum Gasteiger partial charge on any atom is -0.383 e. The molecule has 0 atom stereocenters. The second-order valence-corrected chi connectivity index (χ2v) is 6.46. The second-order valence-electron chi connectivity index (χ2n) is 6.46. The molecule has 0 saturated carbocycles. The molecular weight excluding hydrogens is 342 g/mol. The molecule has 0 fully saturated rings. The molecule has 0 unspecified atom stereocenters. The molecule has 0 radical (unpaired) electrons. The van der Waals surface area contributed by atoms with Crippen molar-refractivity contribution in [3.63, 3.8) is 0 Å². The lowest BCUT2D eigenvalue weighted by molar-refractivity contribution is -0.117. The number of aryl methyl sites for hydroxylation is 1. The lowest BCUT2D eigenvalue weighted by Gasteiger charge is -2.29. The number of amides is 2. The number of hydrogen-bond donors (Lipinski definition) is 2. The molecule has 6 nitrogen and oxygen atoms in total. The van der Waals surface area contributed by atoms with Crippen LogP contribution in [0, 0.1) is 0 Å². The Labute approximate surface area is 159 Å². The van der Waals surface area contributed by atoms with Gasteiger partial charge in [-0.15, -0.1) is 0 Å². The number of ether oxygens (including phenoxy) is 1. The van der Waals surface area contributed by atoms with Gasteiger partial charge >= 0.3 is 0 Å². The summed E-state index contributed by atoms with van der Waals surface area (Å²) < 4.78 is 4.93. The van der Waals surface area contributed by atoms with Crippen LogP contribution in [0.1, 0.15) is 22.3 Å². The highest BCUT2D eigenvalue weighted by Crippen LogP contribution is 2.26. The number of fused-ring (bicyclic) bond motifs is 1. The minimum absolute atomic E-state index is 0.0251. The molecule has 0 saturated heterocycles. The van der Waals surface area contributed by atoms with E-state index in [0.29, 0.717) is 18.7 Å². The van der Waals surface area contributed by atoms with Crippen molar-refractivity contribution < 1.29 is 14.3 Å². The highest BCUT2D eigenvalue weighted by atomic mass is 16.5. The van der Waals surface area contributed by atoms with Crippen LogP contribution in [-0.2, 0) is 16.0 Å². The summed E-state index contributed by atoms with van der Waals surface area (Å²) >= 11 is 0. The molecular formula is C21H25N3O3. The molecule has 0 aromatic heterocycles. The highest BCUT2D eigenvalue weighted by molar-refractivity contribution is 5.98. The number of hydrogen-bond acceptors (Lipinski definition) is 4. The first-order valence-corrected chi connectivity index (χ1v) is 9.18. The summed E-state index contributed by atoms with van der Waals surface area (Å²) in [6.45, 7) is 1.85. The quantitative estimate of drug-likeness (QED) is 0.738. The fourth-order valence-corrected chi connectivity index (χ4v) is 3.20.